The molecular formula is C17H14FNOS. The van der Waals surface area contributed by atoms with E-state index < -0.39 is 0 Å². The molecule has 0 atom stereocenters. The van der Waals surface area contributed by atoms with Crippen molar-refractivity contribution in [1.29, 1.82) is 0 Å². The van der Waals surface area contributed by atoms with E-state index in [1.54, 1.807) is 24.5 Å². The lowest BCUT2D eigenvalue weighted by molar-refractivity contribution is 0.415. The monoisotopic (exact) mass is 299 g/mol. The van der Waals surface area contributed by atoms with Gasteiger partial charge in [-0.3, -0.25) is 0 Å². The topological polar surface area (TPSA) is 22.1 Å². The van der Waals surface area contributed by atoms with Crippen molar-refractivity contribution in [2.24, 2.45) is 0 Å². The molecule has 1 heterocycles. The first-order chi connectivity index (χ1) is 10.2. The zero-order chi connectivity index (χ0) is 14.8. The van der Waals surface area contributed by atoms with Gasteiger partial charge < -0.3 is 4.74 Å². The highest BCUT2D eigenvalue weighted by atomic mass is 32.1. The molecule has 2 aromatic carbocycles. The van der Waals surface area contributed by atoms with Crippen molar-refractivity contribution in [1.82, 2.24) is 4.98 Å². The first-order valence-corrected chi connectivity index (χ1v) is 7.42. The quantitative estimate of drug-likeness (QED) is 0.684. The summed E-state index contributed by atoms with van der Waals surface area (Å²) < 4.78 is 18.8. The molecule has 1 aromatic heterocycles. The largest absolute Gasteiger partial charge is 0.496 e. The third-order valence-corrected chi connectivity index (χ3v) is 4.10. The van der Waals surface area contributed by atoms with Crippen LogP contribution in [0, 0.1) is 12.7 Å². The summed E-state index contributed by atoms with van der Waals surface area (Å²) in [6.45, 7) is 2.05. The molecule has 3 rings (SSSR count). The van der Waals surface area contributed by atoms with Gasteiger partial charge in [0.2, 0.25) is 0 Å². The lowest BCUT2D eigenvalue weighted by Gasteiger charge is -2.05. The van der Waals surface area contributed by atoms with E-state index in [-0.39, 0.29) is 5.82 Å². The molecule has 0 N–H and O–H groups in total. The van der Waals surface area contributed by atoms with Gasteiger partial charge in [0.05, 0.1) is 12.8 Å². The van der Waals surface area contributed by atoms with Crippen molar-refractivity contribution in [3.05, 3.63) is 59.2 Å². The second kappa shape index (κ2) is 5.66. The van der Waals surface area contributed by atoms with Gasteiger partial charge in [-0.25, -0.2) is 9.37 Å². The summed E-state index contributed by atoms with van der Waals surface area (Å²) in [7, 11) is 1.57. The number of rotatable bonds is 3. The van der Waals surface area contributed by atoms with Crippen LogP contribution in [0.3, 0.4) is 0 Å². The molecule has 0 radical (unpaired) electrons. The maximum atomic E-state index is 13.5. The fraction of sp³-hybridized carbons (Fsp3) is 0.118. The Bertz CT molecular complexity index is 782. The first kappa shape index (κ1) is 13.8. The Morgan fingerprint density at radius 3 is 2.76 bits per heavy atom. The summed E-state index contributed by atoms with van der Waals surface area (Å²) in [4.78, 5) is 4.61. The van der Waals surface area contributed by atoms with Crippen molar-refractivity contribution >= 4 is 11.3 Å². The smallest absolute Gasteiger partial charge is 0.128 e. The Hall–Kier alpha value is -2.20. The molecule has 0 aliphatic heterocycles. The molecule has 0 aliphatic carbocycles. The molecule has 3 aromatic rings. The van der Waals surface area contributed by atoms with E-state index in [1.165, 1.54) is 17.7 Å². The fourth-order valence-corrected chi connectivity index (χ4v) is 3.01. The number of nitrogens with zero attached hydrogens (tertiary/aromatic N) is 1. The summed E-state index contributed by atoms with van der Waals surface area (Å²) in [5, 5.41) is 2.84. The van der Waals surface area contributed by atoms with Crippen molar-refractivity contribution < 1.29 is 9.13 Å². The highest BCUT2D eigenvalue weighted by molar-refractivity contribution is 7.13. The van der Waals surface area contributed by atoms with Crippen LogP contribution >= 0.6 is 11.3 Å². The molecule has 0 fully saturated rings. The fourth-order valence-electron chi connectivity index (χ4n) is 2.19. The molecule has 0 bridgehead atoms. The molecule has 0 amide bonds. The van der Waals surface area contributed by atoms with Gasteiger partial charge in [-0.1, -0.05) is 23.8 Å². The number of aryl methyl sites for hydroxylation is 1. The molecule has 21 heavy (non-hydrogen) atoms. The maximum absolute atomic E-state index is 13.5. The van der Waals surface area contributed by atoms with Gasteiger partial charge in [0.25, 0.3) is 0 Å². The van der Waals surface area contributed by atoms with Gasteiger partial charge in [-0.2, -0.15) is 0 Å². The lowest BCUT2D eigenvalue weighted by Crippen LogP contribution is -1.89. The van der Waals surface area contributed by atoms with Gasteiger partial charge in [0, 0.05) is 16.5 Å². The number of benzene rings is 2. The van der Waals surface area contributed by atoms with E-state index >= 15 is 0 Å². The number of hydrogen-bond acceptors (Lipinski definition) is 3. The minimum atomic E-state index is -0.295. The predicted molar refractivity (Wildman–Crippen MR) is 84.2 cm³/mol. The van der Waals surface area contributed by atoms with Crippen LogP contribution in [0.1, 0.15) is 5.56 Å². The number of aromatic nitrogens is 1. The Kier molecular flexibility index (Phi) is 3.71. The third-order valence-electron chi connectivity index (χ3n) is 3.21. The minimum Gasteiger partial charge on any atom is -0.496 e. The van der Waals surface area contributed by atoms with E-state index in [0.29, 0.717) is 11.3 Å². The normalized spacial score (nSPS) is 10.6. The van der Waals surface area contributed by atoms with Gasteiger partial charge >= 0.3 is 0 Å². The number of ether oxygens (including phenoxy) is 1. The Labute approximate surface area is 126 Å². The highest BCUT2D eigenvalue weighted by Gasteiger charge is 2.12. The summed E-state index contributed by atoms with van der Waals surface area (Å²) >= 11 is 1.54. The second-order valence-corrected chi connectivity index (χ2v) is 5.61. The molecule has 2 nitrogen and oxygen atoms in total. The molecule has 4 heteroatoms. The van der Waals surface area contributed by atoms with Crippen LogP contribution in [0.15, 0.2) is 47.8 Å². The average molecular weight is 299 g/mol. The Balaban J connectivity index is 2.04. The van der Waals surface area contributed by atoms with Crippen LogP contribution in [0.25, 0.3) is 21.8 Å². The zero-order valence-electron chi connectivity index (χ0n) is 11.8. The van der Waals surface area contributed by atoms with Gasteiger partial charge in [-0.15, -0.1) is 11.3 Å². The maximum Gasteiger partial charge on any atom is 0.128 e. The zero-order valence-corrected chi connectivity index (χ0v) is 12.6. The summed E-state index contributed by atoms with van der Waals surface area (Å²) in [6, 6.07) is 12.6. The average Bonchev–Trinajstić information content (AvgIpc) is 2.97. The highest BCUT2D eigenvalue weighted by Crippen LogP contribution is 2.34. The lowest BCUT2D eigenvalue weighted by atomic mass is 10.1. The molecule has 0 saturated carbocycles. The van der Waals surface area contributed by atoms with E-state index in [1.807, 2.05) is 30.5 Å². The van der Waals surface area contributed by atoms with E-state index in [0.717, 1.165) is 16.3 Å². The minimum absolute atomic E-state index is 0.295. The third kappa shape index (κ3) is 2.81. The Morgan fingerprint density at radius 1 is 1.14 bits per heavy atom. The van der Waals surface area contributed by atoms with Crippen molar-refractivity contribution in [2.45, 2.75) is 6.92 Å². The van der Waals surface area contributed by atoms with E-state index in [2.05, 4.69) is 11.1 Å². The predicted octanol–water partition coefficient (Wildman–Crippen LogP) is 4.93. The molecule has 0 saturated heterocycles. The van der Waals surface area contributed by atoms with Crippen molar-refractivity contribution in [3.8, 4) is 27.6 Å². The molecular weight excluding hydrogens is 285 g/mol. The number of hydrogen-bond donors (Lipinski definition) is 0. The molecule has 0 unspecified atom stereocenters. The van der Waals surface area contributed by atoms with Crippen LogP contribution in [-0.2, 0) is 0 Å². The summed E-state index contributed by atoms with van der Waals surface area (Å²) in [5.74, 6) is 0.327. The standard InChI is InChI=1S/C17H14FNOS/c1-11-4-3-5-12(8-11)17-19-15(10-21-17)14-9-13(18)6-7-16(14)20-2/h3-10H,1-2H3. The molecule has 106 valence electrons. The van der Waals surface area contributed by atoms with Gasteiger partial charge in [-0.05, 0) is 31.2 Å². The van der Waals surface area contributed by atoms with Crippen LogP contribution in [0.2, 0.25) is 0 Å². The van der Waals surface area contributed by atoms with Gasteiger partial charge in [0.1, 0.15) is 16.6 Å². The van der Waals surface area contributed by atoms with Crippen LogP contribution in [-0.4, -0.2) is 12.1 Å². The number of methoxy groups -OCH3 is 1. The number of halogens is 1. The summed E-state index contributed by atoms with van der Waals surface area (Å²) in [6.07, 6.45) is 0. The van der Waals surface area contributed by atoms with Crippen molar-refractivity contribution in [2.75, 3.05) is 7.11 Å². The van der Waals surface area contributed by atoms with Crippen molar-refractivity contribution in [3.63, 3.8) is 0 Å². The van der Waals surface area contributed by atoms with Crippen LogP contribution < -0.4 is 4.74 Å². The Morgan fingerprint density at radius 2 is 2.00 bits per heavy atom. The van der Waals surface area contributed by atoms with Crippen LogP contribution in [0.4, 0.5) is 4.39 Å². The van der Waals surface area contributed by atoms with Gasteiger partial charge in [0.15, 0.2) is 0 Å². The second-order valence-electron chi connectivity index (χ2n) is 4.75. The summed E-state index contributed by atoms with van der Waals surface area (Å²) in [5.41, 5.74) is 3.66. The molecule has 0 aliphatic rings. The number of thiazole rings is 1. The SMILES string of the molecule is COc1ccc(F)cc1-c1csc(-c2cccc(C)c2)n1. The first-order valence-electron chi connectivity index (χ1n) is 6.54. The van der Waals surface area contributed by atoms with Crippen LogP contribution in [0.5, 0.6) is 5.75 Å². The van der Waals surface area contributed by atoms with E-state index in [4.69, 9.17) is 4.74 Å². The molecule has 0 spiro atoms. The van der Waals surface area contributed by atoms with E-state index in [9.17, 15) is 4.39 Å².